The molecule has 70 heavy (non-hydrogen) atoms. The van der Waals surface area contributed by atoms with E-state index in [9.17, 15) is 19.8 Å². The van der Waals surface area contributed by atoms with E-state index in [4.69, 9.17) is 4.74 Å². The van der Waals surface area contributed by atoms with Crippen molar-refractivity contribution in [1.82, 2.24) is 5.32 Å². The highest BCUT2D eigenvalue weighted by molar-refractivity contribution is 5.76. The number of unbranched alkanes of at least 4 members (excludes halogenated alkanes) is 46. The van der Waals surface area contributed by atoms with Gasteiger partial charge < -0.3 is 20.3 Å². The molecule has 6 nitrogen and oxygen atoms in total. The van der Waals surface area contributed by atoms with E-state index < -0.39 is 12.1 Å². The van der Waals surface area contributed by atoms with Crippen LogP contribution in [-0.2, 0) is 14.3 Å². The van der Waals surface area contributed by atoms with Gasteiger partial charge >= 0.3 is 5.97 Å². The van der Waals surface area contributed by atoms with Crippen molar-refractivity contribution >= 4 is 11.9 Å². The summed E-state index contributed by atoms with van der Waals surface area (Å²) in [5.41, 5.74) is 0. The Labute approximate surface area is 437 Å². The van der Waals surface area contributed by atoms with Crippen LogP contribution in [0.4, 0.5) is 0 Å². The fraction of sp³-hybridized carbons (Fsp3) is 0.906. The highest BCUT2D eigenvalue weighted by Gasteiger charge is 2.18. The van der Waals surface area contributed by atoms with Gasteiger partial charge in [-0.1, -0.05) is 301 Å². The summed E-state index contributed by atoms with van der Waals surface area (Å²) in [7, 11) is 0. The minimum Gasteiger partial charge on any atom is -0.466 e. The second-order valence-electron chi connectivity index (χ2n) is 21.7. The molecular weight excluding hydrogens is 863 g/mol. The molecule has 0 rings (SSSR count). The average molecular weight is 987 g/mol. The van der Waals surface area contributed by atoms with Gasteiger partial charge in [0.2, 0.25) is 5.91 Å². The summed E-state index contributed by atoms with van der Waals surface area (Å²) in [6.45, 7) is 4.91. The van der Waals surface area contributed by atoms with Gasteiger partial charge in [0.25, 0.3) is 0 Å². The van der Waals surface area contributed by atoms with Crippen molar-refractivity contribution in [1.29, 1.82) is 0 Å². The molecule has 0 aliphatic heterocycles. The molecule has 0 radical (unpaired) electrons. The maximum atomic E-state index is 12.4. The van der Waals surface area contributed by atoms with Crippen LogP contribution in [0.15, 0.2) is 24.3 Å². The molecule has 0 bridgehead atoms. The summed E-state index contributed by atoms with van der Waals surface area (Å²) >= 11 is 0. The lowest BCUT2D eigenvalue weighted by atomic mass is 10.0. The number of aliphatic hydroxyl groups is 2. The van der Waals surface area contributed by atoms with E-state index >= 15 is 0 Å². The van der Waals surface area contributed by atoms with Gasteiger partial charge in [-0.3, -0.25) is 9.59 Å². The Bertz CT molecular complexity index is 1090. The first-order valence-corrected chi connectivity index (χ1v) is 31.6. The Morgan fingerprint density at radius 2 is 0.671 bits per heavy atom. The molecule has 2 atom stereocenters. The highest BCUT2D eigenvalue weighted by Crippen LogP contribution is 2.18. The molecule has 0 saturated carbocycles. The Hall–Kier alpha value is -1.66. The second kappa shape index (κ2) is 59.9. The number of nitrogens with one attached hydrogen (secondary N) is 1. The molecule has 0 aromatic carbocycles. The number of aliphatic hydroxyl groups excluding tert-OH is 2. The van der Waals surface area contributed by atoms with E-state index in [0.29, 0.717) is 19.4 Å². The molecule has 0 spiro atoms. The molecule has 0 saturated heterocycles. The van der Waals surface area contributed by atoms with Crippen molar-refractivity contribution in [2.24, 2.45) is 0 Å². The van der Waals surface area contributed by atoms with Crippen molar-refractivity contribution in [2.75, 3.05) is 13.2 Å². The summed E-state index contributed by atoms with van der Waals surface area (Å²) in [6.07, 6.45) is 73.7. The number of esters is 1. The van der Waals surface area contributed by atoms with Gasteiger partial charge in [0.1, 0.15) is 0 Å². The molecule has 0 heterocycles. The van der Waals surface area contributed by atoms with Gasteiger partial charge in [0, 0.05) is 12.8 Å². The van der Waals surface area contributed by atoms with Crippen molar-refractivity contribution < 1.29 is 24.5 Å². The molecule has 1 amide bonds. The fourth-order valence-electron chi connectivity index (χ4n) is 9.87. The summed E-state index contributed by atoms with van der Waals surface area (Å²) in [5, 5.41) is 23.1. The van der Waals surface area contributed by atoms with Gasteiger partial charge in [-0.15, -0.1) is 0 Å². The summed E-state index contributed by atoms with van der Waals surface area (Å²) in [5.74, 6) is -0.0551. The molecule has 414 valence electrons. The Balaban J connectivity index is 3.36. The van der Waals surface area contributed by atoms with Crippen LogP contribution in [0.3, 0.4) is 0 Å². The molecule has 0 aliphatic rings. The van der Waals surface area contributed by atoms with Crippen LogP contribution in [0.5, 0.6) is 0 Å². The van der Waals surface area contributed by atoms with Crippen LogP contribution in [0.2, 0.25) is 0 Å². The molecule has 6 heteroatoms. The topological polar surface area (TPSA) is 95.9 Å². The average Bonchev–Trinajstić information content (AvgIpc) is 3.36. The number of carbonyl (C=O) groups is 2. The van der Waals surface area contributed by atoms with E-state index in [1.165, 1.54) is 276 Å². The summed E-state index contributed by atoms with van der Waals surface area (Å²) in [4.78, 5) is 24.5. The number of rotatable bonds is 59. The number of carbonyl (C=O) groups excluding carboxylic acids is 2. The number of hydrogen-bond donors (Lipinski definition) is 3. The lowest BCUT2D eigenvalue weighted by molar-refractivity contribution is -0.143. The van der Waals surface area contributed by atoms with Gasteiger partial charge in [0.15, 0.2) is 0 Å². The second-order valence-corrected chi connectivity index (χ2v) is 21.7. The molecular formula is C64H123NO5. The molecule has 2 unspecified atom stereocenters. The molecule has 0 aliphatic carbocycles. The van der Waals surface area contributed by atoms with Crippen LogP contribution in [0.1, 0.15) is 348 Å². The SMILES string of the molecule is CCCCCCCC/C=C\CCCCCCCCCCCC(=O)OCCCCCCCCCCCCCCCCCCCCCCCCC(=O)NC(CO)C(O)/C=C/CCCCCCCCCCCC. The third-order valence-electron chi connectivity index (χ3n) is 14.7. The van der Waals surface area contributed by atoms with Crippen LogP contribution >= 0.6 is 0 Å². The number of ether oxygens (including phenoxy) is 1. The predicted molar refractivity (Wildman–Crippen MR) is 306 cm³/mol. The molecule has 0 fully saturated rings. The standard InChI is InChI=1S/C64H123NO5/c1-3-5-7-9-11-13-15-17-18-19-24-28-31-34-38-42-46-50-54-58-64(69)70-59-55-51-47-43-39-35-32-29-26-23-21-20-22-25-27-30-33-37-41-45-49-53-57-63(68)65-61(60-66)62(67)56-52-48-44-40-36-16-14-12-10-8-6-4-2/h17-18,52,56,61-62,66-67H,3-16,19-51,53-55,57-60H2,1-2H3,(H,65,68)/b18-17-,56-52+. The van der Waals surface area contributed by atoms with E-state index in [0.717, 1.165) is 44.9 Å². The van der Waals surface area contributed by atoms with Gasteiger partial charge in [-0.25, -0.2) is 0 Å². The monoisotopic (exact) mass is 986 g/mol. The number of allylic oxidation sites excluding steroid dienone is 3. The summed E-state index contributed by atoms with van der Waals surface area (Å²) in [6, 6.07) is -0.627. The molecule has 3 N–H and O–H groups in total. The van der Waals surface area contributed by atoms with E-state index in [-0.39, 0.29) is 18.5 Å². The van der Waals surface area contributed by atoms with Crippen LogP contribution in [0.25, 0.3) is 0 Å². The van der Waals surface area contributed by atoms with Crippen molar-refractivity contribution in [3.05, 3.63) is 24.3 Å². The van der Waals surface area contributed by atoms with Crippen molar-refractivity contribution in [3.63, 3.8) is 0 Å². The lowest BCUT2D eigenvalue weighted by Gasteiger charge is -2.20. The van der Waals surface area contributed by atoms with Gasteiger partial charge in [0.05, 0.1) is 25.4 Å². The summed E-state index contributed by atoms with van der Waals surface area (Å²) < 4.78 is 5.50. The van der Waals surface area contributed by atoms with Crippen molar-refractivity contribution in [3.8, 4) is 0 Å². The Morgan fingerprint density at radius 1 is 0.386 bits per heavy atom. The Kier molecular flexibility index (Phi) is 58.5. The van der Waals surface area contributed by atoms with Gasteiger partial charge in [-0.2, -0.15) is 0 Å². The first-order chi connectivity index (χ1) is 34.5. The first-order valence-electron chi connectivity index (χ1n) is 31.6. The fourth-order valence-corrected chi connectivity index (χ4v) is 9.87. The quantitative estimate of drug-likeness (QED) is 0.0321. The minimum atomic E-state index is -0.843. The van der Waals surface area contributed by atoms with Gasteiger partial charge in [-0.05, 0) is 57.8 Å². The van der Waals surface area contributed by atoms with E-state index in [2.05, 4.69) is 31.3 Å². The maximum Gasteiger partial charge on any atom is 0.305 e. The zero-order valence-corrected chi connectivity index (χ0v) is 47.3. The normalized spacial score (nSPS) is 12.7. The van der Waals surface area contributed by atoms with Crippen LogP contribution in [0, 0.1) is 0 Å². The number of amides is 1. The Morgan fingerprint density at radius 3 is 1.01 bits per heavy atom. The largest absolute Gasteiger partial charge is 0.466 e. The van der Waals surface area contributed by atoms with Crippen molar-refractivity contribution in [2.45, 2.75) is 360 Å². The minimum absolute atomic E-state index is 0.0126. The van der Waals surface area contributed by atoms with Crippen LogP contribution in [-0.4, -0.2) is 47.4 Å². The third kappa shape index (κ3) is 55.7. The lowest BCUT2D eigenvalue weighted by Crippen LogP contribution is -2.45. The number of hydrogen-bond acceptors (Lipinski definition) is 5. The zero-order chi connectivity index (χ0) is 50.7. The molecule has 0 aromatic rings. The smallest absolute Gasteiger partial charge is 0.305 e. The van der Waals surface area contributed by atoms with E-state index in [1.54, 1.807) is 6.08 Å². The first kappa shape index (κ1) is 68.3. The zero-order valence-electron chi connectivity index (χ0n) is 47.3. The van der Waals surface area contributed by atoms with Crippen LogP contribution < -0.4 is 5.32 Å². The third-order valence-corrected chi connectivity index (χ3v) is 14.7. The maximum absolute atomic E-state index is 12.4. The van der Waals surface area contributed by atoms with E-state index in [1.807, 2.05) is 6.08 Å². The predicted octanol–water partition coefficient (Wildman–Crippen LogP) is 19.8. The highest BCUT2D eigenvalue weighted by atomic mass is 16.5. The molecule has 0 aromatic heterocycles.